The maximum Gasteiger partial charge on any atom is 0.153 e. The van der Waals surface area contributed by atoms with E-state index in [0.29, 0.717) is 24.7 Å². The van der Waals surface area contributed by atoms with E-state index in [0.717, 1.165) is 19.6 Å². The molecular weight excluding hydrogens is 228 g/mol. The monoisotopic (exact) mass is 250 g/mol. The van der Waals surface area contributed by atoms with Gasteiger partial charge >= 0.3 is 0 Å². The highest BCUT2D eigenvalue weighted by molar-refractivity contribution is 7.91. The molecule has 0 radical (unpaired) electrons. The van der Waals surface area contributed by atoms with Crippen LogP contribution in [0.5, 0.6) is 0 Å². The number of sulfone groups is 1. The summed E-state index contributed by atoms with van der Waals surface area (Å²) in [5.41, 5.74) is 0. The molecule has 1 fully saturated rings. The molecule has 0 aromatic heterocycles. The fraction of sp³-hybridized carbons (Fsp3) is 1.00. The molecule has 6 heteroatoms. The molecule has 1 aliphatic heterocycles. The van der Waals surface area contributed by atoms with Gasteiger partial charge in [-0.2, -0.15) is 0 Å². The molecule has 1 aliphatic rings. The van der Waals surface area contributed by atoms with E-state index in [2.05, 4.69) is 10.2 Å². The van der Waals surface area contributed by atoms with Crippen LogP contribution in [-0.2, 0) is 14.6 Å². The van der Waals surface area contributed by atoms with Crippen molar-refractivity contribution in [2.45, 2.75) is 13.0 Å². The van der Waals surface area contributed by atoms with Crippen LogP contribution in [0.2, 0.25) is 0 Å². The van der Waals surface area contributed by atoms with Crippen molar-refractivity contribution >= 4 is 9.84 Å². The van der Waals surface area contributed by atoms with Gasteiger partial charge < -0.3 is 10.1 Å². The van der Waals surface area contributed by atoms with Crippen LogP contribution < -0.4 is 5.32 Å². The molecule has 1 rings (SSSR count). The third-order valence-corrected chi connectivity index (χ3v) is 4.66. The lowest BCUT2D eigenvalue weighted by Gasteiger charge is -2.33. The zero-order chi connectivity index (χ0) is 12.0. The first kappa shape index (κ1) is 13.9. The Morgan fingerprint density at radius 1 is 1.44 bits per heavy atom. The van der Waals surface area contributed by atoms with Gasteiger partial charge in [0.1, 0.15) is 0 Å². The largest absolute Gasteiger partial charge is 0.383 e. The fourth-order valence-electron chi connectivity index (χ4n) is 1.89. The van der Waals surface area contributed by atoms with Gasteiger partial charge in [0.2, 0.25) is 0 Å². The molecule has 0 amide bonds. The van der Waals surface area contributed by atoms with Crippen molar-refractivity contribution in [3.63, 3.8) is 0 Å². The molecule has 1 N–H and O–H groups in total. The molecule has 16 heavy (non-hydrogen) atoms. The van der Waals surface area contributed by atoms with E-state index in [4.69, 9.17) is 4.74 Å². The van der Waals surface area contributed by atoms with Crippen LogP contribution in [0.1, 0.15) is 6.92 Å². The van der Waals surface area contributed by atoms with Crippen LogP contribution in [-0.4, -0.2) is 70.8 Å². The maximum absolute atomic E-state index is 11.4. The molecule has 0 saturated carbocycles. The molecule has 0 spiro atoms. The molecule has 1 atom stereocenters. The van der Waals surface area contributed by atoms with Crippen LogP contribution in [0, 0.1) is 0 Å². The van der Waals surface area contributed by atoms with E-state index < -0.39 is 9.84 Å². The Bertz CT molecular complexity index is 292. The Balaban J connectivity index is 2.18. The average Bonchev–Trinajstić information content (AvgIpc) is 2.20. The summed E-state index contributed by atoms with van der Waals surface area (Å²) in [6.45, 7) is 5.98. The summed E-state index contributed by atoms with van der Waals surface area (Å²) in [7, 11) is -1.11. The smallest absolute Gasteiger partial charge is 0.153 e. The zero-order valence-electron chi connectivity index (χ0n) is 10.1. The predicted octanol–water partition coefficient (Wildman–Crippen LogP) is -0.659. The molecule has 5 nitrogen and oxygen atoms in total. The number of nitrogens with one attached hydrogen (secondary N) is 1. The summed E-state index contributed by atoms with van der Waals surface area (Å²) in [5.74, 6) is 0.598. The van der Waals surface area contributed by atoms with E-state index in [1.54, 1.807) is 7.11 Å². The second-order valence-electron chi connectivity index (χ2n) is 4.24. The molecule has 1 heterocycles. The SMILES string of the molecule is COCCNCCN1CCS(=O)(=O)CC1C. The third-order valence-electron chi connectivity index (χ3n) is 2.87. The highest BCUT2D eigenvalue weighted by Gasteiger charge is 2.27. The molecule has 0 bridgehead atoms. The molecule has 96 valence electrons. The minimum atomic E-state index is -2.79. The number of hydrogen-bond donors (Lipinski definition) is 1. The van der Waals surface area contributed by atoms with Crippen molar-refractivity contribution in [1.82, 2.24) is 10.2 Å². The number of methoxy groups -OCH3 is 1. The first-order valence-electron chi connectivity index (χ1n) is 5.69. The van der Waals surface area contributed by atoms with Crippen molar-refractivity contribution in [2.24, 2.45) is 0 Å². The normalized spacial score (nSPS) is 25.8. The Morgan fingerprint density at radius 3 is 2.81 bits per heavy atom. The van der Waals surface area contributed by atoms with Crippen LogP contribution >= 0.6 is 0 Å². The van der Waals surface area contributed by atoms with Gasteiger partial charge in [0.25, 0.3) is 0 Å². The van der Waals surface area contributed by atoms with E-state index in [1.165, 1.54) is 0 Å². The van der Waals surface area contributed by atoms with E-state index in [9.17, 15) is 8.42 Å². The summed E-state index contributed by atoms with van der Waals surface area (Å²) in [6.07, 6.45) is 0. The summed E-state index contributed by atoms with van der Waals surface area (Å²) in [4.78, 5) is 2.22. The Labute approximate surface area is 98.1 Å². The van der Waals surface area contributed by atoms with Crippen molar-refractivity contribution in [2.75, 3.05) is 51.4 Å². The minimum Gasteiger partial charge on any atom is -0.383 e. The standard InChI is InChI=1S/C10H22N2O3S/c1-10-9-16(13,14)8-6-12(10)5-3-11-4-7-15-2/h10-11H,3-9H2,1-2H3. The number of rotatable bonds is 6. The van der Waals surface area contributed by atoms with Crippen molar-refractivity contribution in [3.05, 3.63) is 0 Å². The molecule has 1 saturated heterocycles. The number of ether oxygens (including phenoxy) is 1. The van der Waals surface area contributed by atoms with Crippen LogP contribution in [0.3, 0.4) is 0 Å². The predicted molar refractivity (Wildman–Crippen MR) is 64.4 cm³/mol. The van der Waals surface area contributed by atoms with Gasteiger partial charge in [-0.1, -0.05) is 0 Å². The van der Waals surface area contributed by atoms with Gasteiger partial charge in [-0.05, 0) is 6.92 Å². The minimum absolute atomic E-state index is 0.142. The van der Waals surface area contributed by atoms with Gasteiger partial charge in [-0.25, -0.2) is 8.42 Å². The first-order chi connectivity index (χ1) is 7.55. The molecule has 0 aliphatic carbocycles. The van der Waals surface area contributed by atoms with Crippen molar-refractivity contribution in [3.8, 4) is 0 Å². The van der Waals surface area contributed by atoms with Crippen molar-refractivity contribution < 1.29 is 13.2 Å². The lowest BCUT2D eigenvalue weighted by Crippen LogP contribution is -2.49. The van der Waals surface area contributed by atoms with Gasteiger partial charge in [-0.3, -0.25) is 4.90 Å². The van der Waals surface area contributed by atoms with E-state index in [-0.39, 0.29) is 6.04 Å². The van der Waals surface area contributed by atoms with Gasteiger partial charge in [0.15, 0.2) is 9.84 Å². The summed E-state index contributed by atoms with van der Waals surface area (Å²) in [5, 5.41) is 3.26. The first-order valence-corrected chi connectivity index (χ1v) is 7.51. The zero-order valence-corrected chi connectivity index (χ0v) is 10.9. The molecule has 1 unspecified atom stereocenters. The fourth-order valence-corrected chi connectivity index (χ4v) is 3.51. The molecule has 0 aromatic rings. The highest BCUT2D eigenvalue weighted by Crippen LogP contribution is 2.10. The topological polar surface area (TPSA) is 58.6 Å². The summed E-state index contributed by atoms with van der Waals surface area (Å²) >= 11 is 0. The lowest BCUT2D eigenvalue weighted by molar-refractivity contribution is 0.192. The Morgan fingerprint density at radius 2 is 2.19 bits per heavy atom. The van der Waals surface area contributed by atoms with Gasteiger partial charge in [-0.15, -0.1) is 0 Å². The summed E-state index contributed by atoms with van der Waals surface area (Å²) in [6, 6.07) is 0.142. The van der Waals surface area contributed by atoms with Gasteiger partial charge in [0.05, 0.1) is 18.1 Å². The van der Waals surface area contributed by atoms with E-state index in [1.807, 2.05) is 6.92 Å². The second kappa shape index (κ2) is 6.54. The van der Waals surface area contributed by atoms with Crippen LogP contribution in [0.15, 0.2) is 0 Å². The third kappa shape index (κ3) is 4.78. The average molecular weight is 250 g/mol. The maximum atomic E-state index is 11.4. The van der Waals surface area contributed by atoms with Crippen LogP contribution in [0.25, 0.3) is 0 Å². The molecule has 0 aromatic carbocycles. The van der Waals surface area contributed by atoms with Crippen molar-refractivity contribution in [1.29, 1.82) is 0 Å². The number of hydrogen-bond acceptors (Lipinski definition) is 5. The number of nitrogens with zero attached hydrogens (tertiary/aromatic N) is 1. The Kier molecular flexibility index (Phi) is 5.68. The lowest BCUT2D eigenvalue weighted by atomic mass is 10.3. The highest BCUT2D eigenvalue weighted by atomic mass is 32.2. The van der Waals surface area contributed by atoms with E-state index >= 15 is 0 Å². The second-order valence-corrected chi connectivity index (χ2v) is 6.47. The van der Waals surface area contributed by atoms with Gasteiger partial charge in [0, 0.05) is 39.3 Å². The quantitative estimate of drug-likeness (QED) is 0.634. The Hall–Kier alpha value is -0.170. The summed E-state index contributed by atoms with van der Waals surface area (Å²) < 4.78 is 27.7. The molecular formula is C10H22N2O3S. The van der Waals surface area contributed by atoms with Crippen LogP contribution in [0.4, 0.5) is 0 Å².